The van der Waals surface area contributed by atoms with E-state index in [1.54, 1.807) is 11.1 Å². The van der Waals surface area contributed by atoms with Gasteiger partial charge in [0, 0.05) is 29.7 Å². The Morgan fingerprint density at radius 3 is 3.05 bits per heavy atom. The van der Waals surface area contributed by atoms with Crippen molar-refractivity contribution in [2.75, 3.05) is 13.1 Å². The largest absolute Gasteiger partial charge is 0.357 e. The van der Waals surface area contributed by atoms with Gasteiger partial charge in [0.05, 0.1) is 6.04 Å². The van der Waals surface area contributed by atoms with Gasteiger partial charge in [0.25, 0.3) is 0 Å². The second kappa shape index (κ2) is 4.24. The van der Waals surface area contributed by atoms with Crippen LogP contribution in [0.15, 0.2) is 35.9 Å². The topological polar surface area (TPSA) is 19.0 Å². The highest BCUT2D eigenvalue weighted by Crippen LogP contribution is 2.40. The number of aromatic nitrogens is 1. The zero-order valence-electron chi connectivity index (χ0n) is 11.4. The molecule has 0 spiro atoms. The summed E-state index contributed by atoms with van der Waals surface area (Å²) >= 11 is 0. The Bertz CT molecular complexity index is 650. The number of allylic oxidation sites excluding steroid dienone is 1. The fraction of sp³-hybridized carbons (Fsp3) is 0.412. The maximum absolute atomic E-state index is 3.69. The first-order valence-electron chi connectivity index (χ1n) is 7.34. The van der Waals surface area contributed by atoms with Crippen molar-refractivity contribution in [1.29, 1.82) is 0 Å². The Kier molecular flexibility index (Phi) is 2.52. The number of hydrogen-bond acceptors (Lipinski definition) is 1. The molecule has 98 valence electrons. The van der Waals surface area contributed by atoms with Gasteiger partial charge >= 0.3 is 0 Å². The third kappa shape index (κ3) is 1.67. The monoisotopic (exact) mass is 252 g/mol. The predicted octanol–water partition coefficient (Wildman–Crippen LogP) is 3.81. The molecular weight excluding hydrogens is 232 g/mol. The zero-order valence-corrected chi connectivity index (χ0v) is 11.4. The smallest absolute Gasteiger partial charge is 0.0508 e. The lowest BCUT2D eigenvalue weighted by Gasteiger charge is -2.40. The van der Waals surface area contributed by atoms with Crippen LogP contribution in [0.1, 0.15) is 37.1 Å². The molecule has 0 aliphatic carbocycles. The number of H-pyrrole nitrogens is 1. The van der Waals surface area contributed by atoms with Crippen LogP contribution >= 0.6 is 0 Å². The summed E-state index contributed by atoms with van der Waals surface area (Å²) in [6, 6.07) is 9.36. The first-order valence-corrected chi connectivity index (χ1v) is 7.34. The van der Waals surface area contributed by atoms with E-state index in [0.717, 1.165) is 6.54 Å². The molecule has 0 bridgehead atoms. The SMILES string of the molecule is C/C=C1\CC[C@@H]2c3[nH]c4ccccc4c3CCN2C1. The van der Waals surface area contributed by atoms with Gasteiger partial charge in [-0.3, -0.25) is 4.90 Å². The minimum absolute atomic E-state index is 0.611. The van der Waals surface area contributed by atoms with Gasteiger partial charge < -0.3 is 4.98 Å². The van der Waals surface area contributed by atoms with E-state index in [0.29, 0.717) is 6.04 Å². The highest BCUT2D eigenvalue weighted by atomic mass is 15.2. The Morgan fingerprint density at radius 2 is 2.16 bits per heavy atom. The maximum Gasteiger partial charge on any atom is 0.0508 e. The second-order valence-electron chi connectivity index (χ2n) is 5.78. The summed E-state index contributed by atoms with van der Waals surface area (Å²) in [7, 11) is 0. The predicted molar refractivity (Wildman–Crippen MR) is 79.3 cm³/mol. The average Bonchev–Trinajstić information content (AvgIpc) is 2.85. The summed E-state index contributed by atoms with van der Waals surface area (Å²) in [5, 5.41) is 1.44. The zero-order chi connectivity index (χ0) is 12.8. The van der Waals surface area contributed by atoms with Gasteiger partial charge in [0.2, 0.25) is 0 Å². The lowest BCUT2D eigenvalue weighted by Crippen LogP contribution is -2.39. The number of piperidine rings is 1. The lowest BCUT2D eigenvalue weighted by molar-refractivity contribution is 0.165. The molecule has 2 heteroatoms. The van der Waals surface area contributed by atoms with Crippen molar-refractivity contribution < 1.29 is 0 Å². The molecule has 0 unspecified atom stereocenters. The van der Waals surface area contributed by atoms with Crippen LogP contribution in [0.4, 0.5) is 0 Å². The molecule has 1 saturated heterocycles. The van der Waals surface area contributed by atoms with E-state index in [-0.39, 0.29) is 0 Å². The fourth-order valence-electron chi connectivity index (χ4n) is 3.78. The van der Waals surface area contributed by atoms with Crippen molar-refractivity contribution in [2.24, 2.45) is 0 Å². The molecule has 1 N–H and O–H groups in total. The quantitative estimate of drug-likeness (QED) is 0.706. The Morgan fingerprint density at radius 1 is 1.26 bits per heavy atom. The number of benzene rings is 1. The van der Waals surface area contributed by atoms with Crippen molar-refractivity contribution in [2.45, 2.75) is 32.2 Å². The second-order valence-corrected chi connectivity index (χ2v) is 5.78. The van der Waals surface area contributed by atoms with Crippen molar-refractivity contribution in [3.63, 3.8) is 0 Å². The van der Waals surface area contributed by atoms with E-state index in [1.165, 1.54) is 42.4 Å². The summed E-state index contributed by atoms with van der Waals surface area (Å²) < 4.78 is 0. The van der Waals surface area contributed by atoms with E-state index < -0.39 is 0 Å². The first kappa shape index (κ1) is 11.3. The average molecular weight is 252 g/mol. The molecule has 2 aliphatic rings. The number of nitrogens with one attached hydrogen (secondary N) is 1. The molecular formula is C17H20N2. The number of nitrogens with zero attached hydrogens (tertiary/aromatic N) is 1. The molecule has 2 aliphatic heterocycles. The molecule has 0 radical (unpaired) electrons. The Balaban J connectivity index is 1.79. The standard InChI is InChI=1S/C17H20N2/c1-2-12-7-8-16-17-14(9-10-19(16)11-12)13-5-3-4-6-15(13)18-17/h2-6,16,18H,7-11H2,1H3/b12-2+/t16-/m1/s1. The van der Waals surface area contributed by atoms with E-state index >= 15 is 0 Å². The van der Waals surface area contributed by atoms with Crippen LogP contribution < -0.4 is 0 Å². The van der Waals surface area contributed by atoms with Gasteiger partial charge in [-0.1, -0.05) is 29.8 Å². The molecule has 3 heterocycles. The van der Waals surface area contributed by atoms with E-state index in [2.05, 4.69) is 47.1 Å². The van der Waals surface area contributed by atoms with Crippen molar-refractivity contribution in [3.8, 4) is 0 Å². The Labute approximate surface area is 114 Å². The van der Waals surface area contributed by atoms with Crippen LogP contribution in [0.3, 0.4) is 0 Å². The van der Waals surface area contributed by atoms with Crippen molar-refractivity contribution in [1.82, 2.24) is 9.88 Å². The molecule has 0 amide bonds. The van der Waals surface area contributed by atoms with Crippen molar-refractivity contribution >= 4 is 10.9 Å². The van der Waals surface area contributed by atoms with Crippen LogP contribution in [0, 0.1) is 0 Å². The molecule has 4 rings (SSSR count). The van der Waals surface area contributed by atoms with Crippen LogP contribution in [0.25, 0.3) is 10.9 Å². The summed E-state index contributed by atoms with van der Waals surface area (Å²) in [5.41, 5.74) is 5.98. The van der Waals surface area contributed by atoms with Gasteiger partial charge in [-0.25, -0.2) is 0 Å². The summed E-state index contributed by atoms with van der Waals surface area (Å²) in [4.78, 5) is 6.34. The summed E-state index contributed by atoms with van der Waals surface area (Å²) in [5.74, 6) is 0. The van der Waals surface area contributed by atoms with E-state index in [4.69, 9.17) is 0 Å². The Hall–Kier alpha value is -1.54. The lowest BCUT2D eigenvalue weighted by atomic mass is 9.89. The molecule has 0 saturated carbocycles. The first-order chi connectivity index (χ1) is 9.36. The summed E-state index contributed by atoms with van der Waals surface area (Å²) in [6.07, 6.45) is 6.01. The maximum atomic E-state index is 3.69. The molecule has 2 nitrogen and oxygen atoms in total. The molecule has 19 heavy (non-hydrogen) atoms. The molecule has 1 aromatic carbocycles. The van der Waals surface area contributed by atoms with Gasteiger partial charge in [0.1, 0.15) is 0 Å². The molecule has 1 fully saturated rings. The number of rotatable bonds is 0. The third-order valence-corrected chi connectivity index (χ3v) is 4.82. The van der Waals surface area contributed by atoms with Crippen LogP contribution in [0.5, 0.6) is 0 Å². The minimum atomic E-state index is 0.611. The highest BCUT2D eigenvalue weighted by molar-refractivity contribution is 5.85. The fourth-order valence-corrected chi connectivity index (χ4v) is 3.78. The molecule has 1 aromatic heterocycles. The van der Waals surface area contributed by atoms with Gasteiger partial charge in [0.15, 0.2) is 0 Å². The number of hydrogen-bond donors (Lipinski definition) is 1. The number of para-hydroxylation sites is 1. The van der Waals surface area contributed by atoms with E-state index in [9.17, 15) is 0 Å². The van der Waals surface area contributed by atoms with Gasteiger partial charge in [-0.05, 0) is 37.8 Å². The molecule has 1 atom stereocenters. The molecule has 2 aromatic rings. The number of fused-ring (bicyclic) bond motifs is 5. The van der Waals surface area contributed by atoms with Crippen LogP contribution in [-0.4, -0.2) is 23.0 Å². The number of aromatic amines is 1. The van der Waals surface area contributed by atoms with Crippen LogP contribution in [0.2, 0.25) is 0 Å². The summed E-state index contributed by atoms with van der Waals surface area (Å²) in [6.45, 7) is 4.54. The minimum Gasteiger partial charge on any atom is -0.357 e. The van der Waals surface area contributed by atoms with Crippen molar-refractivity contribution in [3.05, 3.63) is 47.2 Å². The van der Waals surface area contributed by atoms with Crippen LogP contribution in [-0.2, 0) is 6.42 Å². The highest BCUT2D eigenvalue weighted by Gasteiger charge is 2.32. The van der Waals surface area contributed by atoms with Gasteiger partial charge in [-0.2, -0.15) is 0 Å². The third-order valence-electron chi connectivity index (χ3n) is 4.82. The van der Waals surface area contributed by atoms with E-state index in [1.807, 2.05) is 0 Å². The van der Waals surface area contributed by atoms with Gasteiger partial charge in [-0.15, -0.1) is 0 Å². The normalized spacial score (nSPS) is 25.5.